The molecule has 2 aromatic carbocycles. The van der Waals surface area contributed by atoms with Gasteiger partial charge < -0.3 is 10.1 Å². The summed E-state index contributed by atoms with van der Waals surface area (Å²) < 4.78 is 6.27. The molecule has 22 heavy (non-hydrogen) atoms. The van der Waals surface area contributed by atoms with Crippen molar-refractivity contribution in [2.75, 3.05) is 7.11 Å². The Morgan fingerprint density at radius 2 is 2.05 bits per heavy atom. The largest absolute Gasteiger partial charge is 0.497 e. The number of ether oxygens (including phenoxy) is 1. The van der Waals surface area contributed by atoms with Gasteiger partial charge in [0.05, 0.1) is 7.11 Å². The highest BCUT2D eigenvalue weighted by molar-refractivity contribution is 9.10. The standard InChI is InChI=1S/C18H18BrNO2/c1-22-17-4-2-3-12(7-17)11-20-18(21)15-8-13-5-6-16(19)10-14(13)9-15/h2-7,10,15H,8-9,11H2,1H3,(H,20,21). The molecule has 1 unspecified atom stereocenters. The Kier molecular flexibility index (Phi) is 4.48. The molecule has 0 saturated carbocycles. The van der Waals surface area contributed by atoms with Crippen LogP contribution in [-0.2, 0) is 24.2 Å². The lowest BCUT2D eigenvalue weighted by atomic mass is 10.1. The molecule has 1 atom stereocenters. The summed E-state index contributed by atoms with van der Waals surface area (Å²) in [6.07, 6.45) is 1.64. The molecule has 0 fully saturated rings. The van der Waals surface area contributed by atoms with Crippen molar-refractivity contribution >= 4 is 21.8 Å². The third-order valence-electron chi connectivity index (χ3n) is 4.07. The molecule has 0 saturated heterocycles. The van der Waals surface area contributed by atoms with Crippen molar-refractivity contribution in [2.24, 2.45) is 5.92 Å². The molecule has 114 valence electrons. The first-order valence-corrected chi connectivity index (χ1v) is 8.13. The number of fused-ring (bicyclic) bond motifs is 1. The van der Waals surface area contributed by atoms with Crippen LogP contribution in [0.25, 0.3) is 0 Å². The molecule has 0 aliphatic heterocycles. The Morgan fingerprint density at radius 3 is 2.86 bits per heavy atom. The van der Waals surface area contributed by atoms with Gasteiger partial charge in [-0.1, -0.05) is 34.1 Å². The SMILES string of the molecule is COc1cccc(CNC(=O)C2Cc3ccc(Br)cc3C2)c1. The molecular formula is C18H18BrNO2. The molecule has 0 heterocycles. The fourth-order valence-electron chi connectivity index (χ4n) is 2.89. The van der Waals surface area contributed by atoms with Gasteiger partial charge in [-0.15, -0.1) is 0 Å². The van der Waals surface area contributed by atoms with Crippen molar-refractivity contribution in [1.29, 1.82) is 0 Å². The van der Waals surface area contributed by atoms with Gasteiger partial charge in [0.2, 0.25) is 5.91 Å². The van der Waals surface area contributed by atoms with E-state index in [1.165, 1.54) is 11.1 Å². The molecule has 3 nitrogen and oxygen atoms in total. The number of methoxy groups -OCH3 is 1. The van der Waals surface area contributed by atoms with Crippen LogP contribution in [0.5, 0.6) is 5.75 Å². The summed E-state index contributed by atoms with van der Waals surface area (Å²) in [7, 11) is 1.64. The first kappa shape index (κ1) is 15.1. The molecule has 0 bridgehead atoms. The number of rotatable bonds is 4. The molecule has 1 amide bonds. The van der Waals surface area contributed by atoms with E-state index in [4.69, 9.17) is 4.74 Å². The molecule has 0 radical (unpaired) electrons. The predicted molar refractivity (Wildman–Crippen MR) is 89.9 cm³/mol. The zero-order valence-corrected chi connectivity index (χ0v) is 14.0. The van der Waals surface area contributed by atoms with Crippen LogP contribution in [0, 0.1) is 5.92 Å². The van der Waals surface area contributed by atoms with Crippen LogP contribution in [0.1, 0.15) is 16.7 Å². The van der Waals surface area contributed by atoms with E-state index in [0.717, 1.165) is 28.6 Å². The van der Waals surface area contributed by atoms with Crippen molar-refractivity contribution < 1.29 is 9.53 Å². The van der Waals surface area contributed by atoms with E-state index in [2.05, 4.69) is 33.4 Å². The number of halogens is 1. The summed E-state index contributed by atoms with van der Waals surface area (Å²) >= 11 is 3.48. The minimum atomic E-state index is 0.0370. The molecule has 4 heteroatoms. The van der Waals surface area contributed by atoms with Gasteiger partial charge in [0.15, 0.2) is 0 Å². The average molecular weight is 360 g/mol. The maximum Gasteiger partial charge on any atom is 0.224 e. The minimum absolute atomic E-state index is 0.0370. The highest BCUT2D eigenvalue weighted by Gasteiger charge is 2.27. The topological polar surface area (TPSA) is 38.3 Å². The highest BCUT2D eigenvalue weighted by Crippen LogP contribution is 2.29. The number of benzene rings is 2. The summed E-state index contributed by atoms with van der Waals surface area (Å²) in [5.41, 5.74) is 3.60. The summed E-state index contributed by atoms with van der Waals surface area (Å²) in [6.45, 7) is 0.534. The summed E-state index contributed by atoms with van der Waals surface area (Å²) in [6, 6.07) is 14.0. The van der Waals surface area contributed by atoms with Gasteiger partial charge in [-0.2, -0.15) is 0 Å². The fourth-order valence-corrected chi connectivity index (χ4v) is 3.30. The van der Waals surface area contributed by atoms with Crippen molar-refractivity contribution in [2.45, 2.75) is 19.4 Å². The van der Waals surface area contributed by atoms with Crippen LogP contribution in [0.2, 0.25) is 0 Å². The second-order valence-corrected chi connectivity index (χ2v) is 6.50. The van der Waals surface area contributed by atoms with E-state index in [9.17, 15) is 4.79 Å². The lowest BCUT2D eigenvalue weighted by molar-refractivity contribution is -0.124. The van der Waals surface area contributed by atoms with Crippen molar-refractivity contribution in [3.8, 4) is 5.75 Å². The Balaban J connectivity index is 1.59. The first-order chi connectivity index (χ1) is 10.7. The van der Waals surface area contributed by atoms with E-state index in [-0.39, 0.29) is 11.8 Å². The Labute approximate surface area is 138 Å². The summed E-state index contributed by atoms with van der Waals surface area (Å²) in [4.78, 5) is 12.4. The smallest absolute Gasteiger partial charge is 0.224 e. The van der Waals surface area contributed by atoms with Gasteiger partial charge in [0.1, 0.15) is 5.75 Å². The monoisotopic (exact) mass is 359 g/mol. The second kappa shape index (κ2) is 6.53. The van der Waals surface area contributed by atoms with Gasteiger partial charge in [-0.25, -0.2) is 0 Å². The Morgan fingerprint density at radius 1 is 1.23 bits per heavy atom. The molecule has 1 aliphatic carbocycles. The third kappa shape index (κ3) is 3.33. The Bertz CT molecular complexity index is 699. The lowest BCUT2D eigenvalue weighted by Crippen LogP contribution is -2.30. The number of amides is 1. The Hall–Kier alpha value is -1.81. The average Bonchev–Trinajstić information content (AvgIpc) is 2.96. The van der Waals surface area contributed by atoms with Crippen molar-refractivity contribution in [3.05, 3.63) is 63.6 Å². The zero-order valence-electron chi connectivity index (χ0n) is 12.4. The molecule has 1 N–H and O–H groups in total. The van der Waals surface area contributed by atoms with E-state index in [1.54, 1.807) is 7.11 Å². The van der Waals surface area contributed by atoms with Crippen LogP contribution in [0.15, 0.2) is 46.9 Å². The van der Waals surface area contributed by atoms with Crippen LogP contribution in [0.3, 0.4) is 0 Å². The van der Waals surface area contributed by atoms with Crippen LogP contribution in [-0.4, -0.2) is 13.0 Å². The molecule has 0 spiro atoms. The minimum Gasteiger partial charge on any atom is -0.497 e. The number of hydrogen-bond donors (Lipinski definition) is 1. The molecular weight excluding hydrogens is 342 g/mol. The lowest BCUT2D eigenvalue weighted by Gasteiger charge is -2.11. The van der Waals surface area contributed by atoms with Crippen LogP contribution >= 0.6 is 15.9 Å². The molecule has 3 rings (SSSR count). The molecule has 1 aliphatic rings. The van der Waals surface area contributed by atoms with E-state index in [1.807, 2.05) is 30.3 Å². The summed E-state index contributed by atoms with van der Waals surface area (Å²) in [5.74, 6) is 0.968. The van der Waals surface area contributed by atoms with Gasteiger partial charge >= 0.3 is 0 Å². The summed E-state index contributed by atoms with van der Waals surface area (Å²) in [5, 5.41) is 3.04. The normalized spacial score (nSPS) is 16.2. The number of carbonyl (C=O) groups is 1. The van der Waals surface area contributed by atoms with E-state index >= 15 is 0 Å². The molecule has 0 aromatic heterocycles. The van der Waals surface area contributed by atoms with E-state index in [0.29, 0.717) is 6.54 Å². The van der Waals surface area contributed by atoms with Gasteiger partial charge in [-0.05, 0) is 53.8 Å². The number of hydrogen-bond acceptors (Lipinski definition) is 2. The maximum atomic E-state index is 12.4. The van der Waals surface area contributed by atoms with Gasteiger partial charge in [0.25, 0.3) is 0 Å². The number of nitrogens with one attached hydrogen (secondary N) is 1. The van der Waals surface area contributed by atoms with Crippen molar-refractivity contribution in [1.82, 2.24) is 5.32 Å². The zero-order chi connectivity index (χ0) is 15.5. The van der Waals surface area contributed by atoms with Gasteiger partial charge in [0, 0.05) is 16.9 Å². The predicted octanol–water partition coefficient (Wildman–Crippen LogP) is 3.49. The fraction of sp³-hybridized carbons (Fsp3) is 0.278. The first-order valence-electron chi connectivity index (χ1n) is 7.33. The second-order valence-electron chi connectivity index (χ2n) is 5.59. The maximum absolute atomic E-state index is 12.4. The molecule has 2 aromatic rings. The van der Waals surface area contributed by atoms with E-state index < -0.39 is 0 Å². The van der Waals surface area contributed by atoms with Gasteiger partial charge in [-0.3, -0.25) is 4.79 Å². The van der Waals surface area contributed by atoms with Crippen LogP contribution in [0.4, 0.5) is 0 Å². The number of carbonyl (C=O) groups excluding carboxylic acids is 1. The third-order valence-corrected chi connectivity index (χ3v) is 4.57. The van der Waals surface area contributed by atoms with Crippen LogP contribution < -0.4 is 10.1 Å². The highest BCUT2D eigenvalue weighted by atomic mass is 79.9. The van der Waals surface area contributed by atoms with Crippen molar-refractivity contribution in [3.63, 3.8) is 0 Å². The quantitative estimate of drug-likeness (QED) is 0.907.